The van der Waals surface area contributed by atoms with Gasteiger partial charge in [0.25, 0.3) is 11.8 Å². The summed E-state index contributed by atoms with van der Waals surface area (Å²) in [6.07, 6.45) is 3.15. The smallest absolute Gasteiger partial charge is 0.255 e. The van der Waals surface area contributed by atoms with Crippen molar-refractivity contribution in [1.29, 1.82) is 0 Å². The third kappa shape index (κ3) is 5.61. The number of carbonyl (C=O) groups is 2. The third-order valence-electron chi connectivity index (χ3n) is 3.88. The van der Waals surface area contributed by atoms with E-state index in [0.717, 1.165) is 24.8 Å². The molecule has 0 aliphatic rings. The normalized spacial score (nSPS) is 10.4. The number of carbonyl (C=O) groups excluding carboxylic acids is 2. The van der Waals surface area contributed by atoms with Crippen LogP contribution in [0.5, 0.6) is 0 Å². The van der Waals surface area contributed by atoms with E-state index in [1.165, 1.54) is 0 Å². The fourth-order valence-corrected chi connectivity index (χ4v) is 2.54. The first-order valence-electron chi connectivity index (χ1n) is 8.47. The molecule has 2 aromatic carbocycles. The molecule has 0 spiro atoms. The van der Waals surface area contributed by atoms with Crippen LogP contribution in [-0.4, -0.2) is 18.4 Å². The van der Waals surface area contributed by atoms with Crippen molar-refractivity contribution in [2.24, 2.45) is 0 Å². The van der Waals surface area contributed by atoms with E-state index in [4.69, 9.17) is 11.6 Å². The van der Waals surface area contributed by atoms with Gasteiger partial charge in [-0.25, -0.2) is 0 Å². The van der Waals surface area contributed by atoms with Gasteiger partial charge in [0.05, 0.1) is 0 Å². The van der Waals surface area contributed by atoms with Crippen molar-refractivity contribution < 1.29 is 9.59 Å². The summed E-state index contributed by atoms with van der Waals surface area (Å²) in [6.45, 7) is 4.66. The van der Waals surface area contributed by atoms with Gasteiger partial charge in [-0.3, -0.25) is 9.59 Å². The summed E-state index contributed by atoms with van der Waals surface area (Å²) in [5.74, 6) is -0.440. The monoisotopic (exact) mass is 358 g/mol. The molecule has 0 unspecified atom stereocenters. The largest absolute Gasteiger partial charge is 0.352 e. The highest BCUT2D eigenvalue weighted by Crippen LogP contribution is 2.20. The van der Waals surface area contributed by atoms with Crippen molar-refractivity contribution in [3.05, 3.63) is 64.2 Å². The molecule has 5 heteroatoms. The van der Waals surface area contributed by atoms with Crippen LogP contribution in [0.2, 0.25) is 5.02 Å². The summed E-state index contributed by atoms with van der Waals surface area (Å²) in [4.78, 5) is 24.6. The molecule has 0 heterocycles. The second kappa shape index (κ2) is 9.23. The minimum Gasteiger partial charge on any atom is -0.352 e. The van der Waals surface area contributed by atoms with Crippen LogP contribution < -0.4 is 10.6 Å². The summed E-state index contributed by atoms with van der Waals surface area (Å²) in [6, 6.07) is 12.0. The number of anilines is 1. The Bertz CT molecular complexity index is 759. The van der Waals surface area contributed by atoms with E-state index in [9.17, 15) is 9.59 Å². The molecule has 2 rings (SSSR count). The molecule has 25 heavy (non-hydrogen) atoms. The molecule has 0 bridgehead atoms. The molecule has 0 aromatic heterocycles. The molecule has 2 aromatic rings. The summed E-state index contributed by atoms with van der Waals surface area (Å²) in [5.41, 5.74) is 2.47. The lowest BCUT2D eigenvalue weighted by atomic mass is 10.1. The summed E-state index contributed by atoms with van der Waals surface area (Å²) in [5, 5.41) is 6.27. The van der Waals surface area contributed by atoms with Crippen LogP contribution in [0.15, 0.2) is 42.5 Å². The van der Waals surface area contributed by atoms with Crippen LogP contribution in [0, 0.1) is 6.92 Å². The predicted molar refractivity (Wildman–Crippen MR) is 102 cm³/mol. The fraction of sp³-hybridized carbons (Fsp3) is 0.300. The van der Waals surface area contributed by atoms with Crippen molar-refractivity contribution in [3.8, 4) is 0 Å². The highest BCUT2D eigenvalue weighted by Gasteiger charge is 2.11. The lowest BCUT2D eigenvalue weighted by molar-refractivity contribution is 0.0953. The molecule has 132 valence electrons. The average Bonchev–Trinajstić information content (AvgIpc) is 2.62. The molecule has 2 N–H and O–H groups in total. The van der Waals surface area contributed by atoms with Crippen LogP contribution in [0.1, 0.15) is 52.5 Å². The molecule has 0 fully saturated rings. The molecule has 0 radical (unpaired) electrons. The first-order valence-corrected chi connectivity index (χ1v) is 8.85. The molecule has 0 aliphatic heterocycles. The standard InChI is InChI=1S/C20H23ClN2O2/c1-3-4-5-11-22-19(24)15-7-6-8-16(12-15)20(25)23-17-10-9-14(2)18(21)13-17/h6-10,12-13H,3-5,11H2,1-2H3,(H,22,24)(H,23,25). The van der Waals surface area contributed by atoms with Gasteiger partial charge in [0.15, 0.2) is 0 Å². The highest BCUT2D eigenvalue weighted by molar-refractivity contribution is 6.31. The Labute approximate surface area is 153 Å². The first-order chi connectivity index (χ1) is 12.0. The zero-order valence-corrected chi connectivity index (χ0v) is 15.3. The zero-order chi connectivity index (χ0) is 18.2. The Balaban J connectivity index is 2.03. The average molecular weight is 359 g/mol. The molecule has 0 saturated carbocycles. The van der Waals surface area contributed by atoms with Gasteiger partial charge < -0.3 is 10.6 Å². The van der Waals surface area contributed by atoms with Gasteiger partial charge >= 0.3 is 0 Å². The first kappa shape index (κ1) is 19.0. The maximum atomic E-state index is 12.4. The number of benzene rings is 2. The second-order valence-corrected chi connectivity index (χ2v) is 6.37. The van der Waals surface area contributed by atoms with Crippen LogP contribution in [-0.2, 0) is 0 Å². The van der Waals surface area contributed by atoms with Crippen LogP contribution in [0.3, 0.4) is 0 Å². The lowest BCUT2D eigenvalue weighted by Crippen LogP contribution is -2.24. The number of rotatable bonds is 7. The van der Waals surface area contributed by atoms with Crippen molar-refractivity contribution in [2.75, 3.05) is 11.9 Å². The number of aryl methyl sites for hydroxylation is 1. The number of halogens is 1. The number of hydrogen-bond donors (Lipinski definition) is 2. The Morgan fingerprint density at radius 1 is 1.00 bits per heavy atom. The van der Waals surface area contributed by atoms with Gasteiger partial charge in [0.2, 0.25) is 0 Å². The molecule has 2 amide bonds. The van der Waals surface area contributed by atoms with Gasteiger partial charge in [-0.1, -0.05) is 43.5 Å². The Kier molecular flexibility index (Phi) is 7.02. The van der Waals surface area contributed by atoms with Gasteiger partial charge in [-0.2, -0.15) is 0 Å². The number of amides is 2. The number of unbranched alkanes of at least 4 members (excludes halogenated alkanes) is 2. The number of nitrogens with one attached hydrogen (secondary N) is 2. The van der Waals surface area contributed by atoms with Gasteiger partial charge in [0, 0.05) is 28.4 Å². The Hall–Kier alpha value is -2.33. The third-order valence-corrected chi connectivity index (χ3v) is 4.29. The zero-order valence-electron chi connectivity index (χ0n) is 14.6. The molecule has 0 saturated heterocycles. The SMILES string of the molecule is CCCCCNC(=O)c1cccc(C(=O)Nc2ccc(C)c(Cl)c2)c1. The predicted octanol–water partition coefficient (Wildman–Crippen LogP) is 4.82. The van der Waals surface area contributed by atoms with Crippen molar-refractivity contribution in [3.63, 3.8) is 0 Å². The molecule has 0 atom stereocenters. The van der Waals surface area contributed by atoms with Crippen LogP contribution in [0.25, 0.3) is 0 Å². The lowest BCUT2D eigenvalue weighted by Gasteiger charge is -2.09. The topological polar surface area (TPSA) is 58.2 Å². The van der Waals surface area contributed by atoms with Gasteiger partial charge in [-0.15, -0.1) is 0 Å². The van der Waals surface area contributed by atoms with E-state index in [1.807, 2.05) is 13.0 Å². The molecular formula is C20H23ClN2O2. The van der Waals surface area contributed by atoms with Gasteiger partial charge in [-0.05, 0) is 49.2 Å². The number of hydrogen-bond acceptors (Lipinski definition) is 2. The van der Waals surface area contributed by atoms with E-state index in [1.54, 1.807) is 36.4 Å². The van der Waals surface area contributed by atoms with E-state index >= 15 is 0 Å². The van der Waals surface area contributed by atoms with Crippen molar-refractivity contribution >= 4 is 29.1 Å². The molecular weight excluding hydrogens is 336 g/mol. The highest BCUT2D eigenvalue weighted by atomic mass is 35.5. The Morgan fingerprint density at radius 3 is 2.40 bits per heavy atom. The molecule has 4 nitrogen and oxygen atoms in total. The minimum atomic E-state index is -0.277. The van der Waals surface area contributed by atoms with Crippen LogP contribution in [0.4, 0.5) is 5.69 Å². The maximum absolute atomic E-state index is 12.4. The van der Waals surface area contributed by atoms with Gasteiger partial charge in [0.1, 0.15) is 0 Å². The summed E-state index contributed by atoms with van der Waals surface area (Å²) in [7, 11) is 0. The summed E-state index contributed by atoms with van der Waals surface area (Å²) >= 11 is 6.08. The summed E-state index contributed by atoms with van der Waals surface area (Å²) < 4.78 is 0. The quantitative estimate of drug-likeness (QED) is 0.697. The van der Waals surface area contributed by atoms with E-state index in [2.05, 4.69) is 17.6 Å². The Morgan fingerprint density at radius 2 is 1.72 bits per heavy atom. The minimum absolute atomic E-state index is 0.163. The van der Waals surface area contributed by atoms with Crippen molar-refractivity contribution in [2.45, 2.75) is 33.1 Å². The van der Waals surface area contributed by atoms with E-state index in [-0.39, 0.29) is 11.8 Å². The fourth-order valence-electron chi connectivity index (χ4n) is 2.35. The van der Waals surface area contributed by atoms with Crippen molar-refractivity contribution in [1.82, 2.24) is 5.32 Å². The van der Waals surface area contributed by atoms with Crippen LogP contribution >= 0.6 is 11.6 Å². The van der Waals surface area contributed by atoms with E-state index in [0.29, 0.717) is 28.4 Å². The maximum Gasteiger partial charge on any atom is 0.255 e. The molecule has 0 aliphatic carbocycles. The second-order valence-electron chi connectivity index (χ2n) is 5.96. The van der Waals surface area contributed by atoms with E-state index < -0.39 is 0 Å².